The van der Waals surface area contributed by atoms with Crippen molar-refractivity contribution in [2.24, 2.45) is 0 Å². The number of thioether (sulfide) groups is 1. The van der Waals surface area contributed by atoms with Crippen LogP contribution in [0.1, 0.15) is 5.56 Å². The van der Waals surface area contributed by atoms with Crippen LogP contribution in [-0.2, 0) is 5.75 Å². The number of nitrogen functional groups attached to an aromatic ring is 1. The lowest BCUT2D eigenvalue weighted by Gasteiger charge is -2.09. The number of benzene rings is 1. The Morgan fingerprint density at radius 1 is 1.30 bits per heavy atom. The van der Waals surface area contributed by atoms with E-state index in [1.54, 1.807) is 25.1 Å². The fourth-order valence-corrected chi connectivity index (χ4v) is 3.41. The van der Waals surface area contributed by atoms with E-state index in [-0.39, 0.29) is 6.01 Å². The third-order valence-electron chi connectivity index (χ3n) is 3.04. The smallest absolute Gasteiger partial charge is 0.313 e. The maximum Gasteiger partial charge on any atom is 0.313 e. The molecule has 118 valence electrons. The molecular formula is C15H13BrN4O2S. The molecule has 2 aromatic heterocycles. The summed E-state index contributed by atoms with van der Waals surface area (Å²) in [6.45, 7) is 0. The minimum Gasteiger partial charge on any atom is -0.496 e. The lowest BCUT2D eigenvalue weighted by molar-refractivity contribution is 0.411. The molecule has 0 bridgehead atoms. The third-order valence-corrected chi connectivity index (χ3v) is 4.63. The number of hydrogen-bond acceptors (Lipinski definition) is 7. The van der Waals surface area contributed by atoms with Gasteiger partial charge in [0.2, 0.25) is 0 Å². The van der Waals surface area contributed by atoms with Crippen molar-refractivity contribution in [3.8, 4) is 17.3 Å². The van der Waals surface area contributed by atoms with Crippen molar-refractivity contribution >= 4 is 33.7 Å². The van der Waals surface area contributed by atoms with Gasteiger partial charge in [-0.15, -0.1) is 16.9 Å². The molecule has 6 nitrogen and oxygen atoms in total. The summed E-state index contributed by atoms with van der Waals surface area (Å²) in [6, 6.07) is 9.76. The molecule has 8 heteroatoms. The van der Waals surface area contributed by atoms with Crippen molar-refractivity contribution in [2.75, 3.05) is 12.8 Å². The van der Waals surface area contributed by atoms with Gasteiger partial charge in [0.05, 0.1) is 7.11 Å². The van der Waals surface area contributed by atoms with Crippen molar-refractivity contribution in [3.05, 3.63) is 46.6 Å². The number of hydrogen-bond donors (Lipinski definition) is 1. The number of ether oxygens (including phenoxy) is 1. The molecule has 0 aliphatic carbocycles. The highest BCUT2D eigenvalue weighted by Gasteiger charge is 2.14. The van der Waals surface area contributed by atoms with E-state index in [9.17, 15) is 0 Å². The molecule has 1 aromatic carbocycles. The number of nitrogens with zero attached hydrogens (tertiary/aromatic N) is 3. The monoisotopic (exact) mass is 392 g/mol. The van der Waals surface area contributed by atoms with Crippen LogP contribution in [0.15, 0.2) is 50.3 Å². The largest absolute Gasteiger partial charge is 0.496 e. The van der Waals surface area contributed by atoms with Crippen LogP contribution in [0.3, 0.4) is 0 Å². The van der Waals surface area contributed by atoms with Gasteiger partial charge in [0.15, 0.2) is 0 Å². The Hall–Kier alpha value is -2.06. The van der Waals surface area contributed by atoms with Crippen LogP contribution in [0, 0.1) is 0 Å². The fraction of sp³-hybridized carbons (Fsp3) is 0.133. The molecule has 23 heavy (non-hydrogen) atoms. The van der Waals surface area contributed by atoms with E-state index in [0.717, 1.165) is 20.7 Å². The second-order valence-corrected chi connectivity index (χ2v) is 6.47. The Balaban J connectivity index is 1.86. The Morgan fingerprint density at radius 2 is 2.17 bits per heavy atom. The predicted molar refractivity (Wildman–Crippen MR) is 92.2 cm³/mol. The molecule has 3 aromatic rings. The highest BCUT2D eigenvalue weighted by atomic mass is 79.9. The minimum absolute atomic E-state index is 0.0234. The molecule has 3 rings (SSSR count). The number of nitrogens with two attached hydrogens (primary N) is 1. The standard InChI is InChI=1S/C15H13BrN4O2S/c1-21-11-5-4-10(16)7-9(11)8-23-12-3-2-6-18-13(12)14-19-20-15(17)22-14/h2-7H,8H2,1H3,(H2,17,20). The van der Waals surface area contributed by atoms with Gasteiger partial charge in [-0.2, -0.15) is 0 Å². The first-order chi connectivity index (χ1) is 11.2. The minimum atomic E-state index is 0.0234. The molecule has 0 spiro atoms. The van der Waals surface area contributed by atoms with Crippen molar-refractivity contribution in [2.45, 2.75) is 10.6 Å². The molecule has 0 aliphatic rings. The lowest BCUT2D eigenvalue weighted by atomic mass is 10.2. The number of aromatic nitrogens is 3. The molecule has 0 saturated heterocycles. The summed E-state index contributed by atoms with van der Waals surface area (Å²) in [5.74, 6) is 1.87. The lowest BCUT2D eigenvalue weighted by Crippen LogP contribution is -1.92. The summed E-state index contributed by atoms with van der Waals surface area (Å²) < 4.78 is 11.7. The summed E-state index contributed by atoms with van der Waals surface area (Å²) in [7, 11) is 1.66. The van der Waals surface area contributed by atoms with Crippen LogP contribution in [-0.4, -0.2) is 22.3 Å². The van der Waals surface area contributed by atoms with Crippen molar-refractivity contribution in [1.82, 2.24) is 15.2 Å². The zero-order chi connectivity index (χ0) is 16.2. The van der Waals surface area contributed by atoms with E-state index < -0.39 is 0 Å². The quantitative estimate of drug-likeness (QED) is 0.660. The van der Waals surface area contributed by atoms with Crippen LogP contribution < -0.4 is 10.5 Å². The number of pyridine rings is 1. The van der Waals surface area contributed by atoms with Crippen LogP contribution in [0.2, 0.25) is 0 Å². The Bertz CT molecular complexity index is 825. The van der Waals surface area contributed by atoms with E-state index in [2.05, 4.69) is 31.1 Å². The van der Waals surface area contributed by atoms with Crippen LogP contribution >= 0.6 is 27.7 Å². The summed E-state index contributed by atoms with van der Waals surface area (Å²) in [4.78, 5) is 5.25. The second-order valence-electron chi connectivity index (χ2n) is 4.54. The average molecular weight is 393 g/mol. The van der Waals surface area contributed by atoms with E-state index >= 15 is 0 Å². The van der Waals surface area contributed by atoms with Gasteiger partial charge in [-0.1, -0.05) is 21.0 Å². The van der Waals surface area contributed by atoms with E-state index in [0.29, 0.717) is 17.3 Å². The number of methoxy groups -OCH3 is 1. The molecule has 0 aliphatic heterocycles. The molecule has 0 atom stereocenters. The average Bonchev–Trinajstić information content (AvgIpc) is 2.99. The molecular weight excluding hydrogens is 380 g/mol. The number of halogens is 1. The van der Waals surface area contributed by atoms with Crippen LogP contribution in [0.5, 0.6) is 5.75 Å². The molecule has 0 radical (unpaired) electrons. The maximum atomic E-state index is 5.49. The van der Waals surface area contributed by atoms with Gasteiger partial charge in [-0.3, -0.25) is 0 Å². The van der Waals surface area contributed by atoms with Gasteiger partial charge < -0.3 is 14.9 Å². The molecule has 0 amide bonds. The zero-order valence-corrected chi connectivity index (χ0v) is 14.6. The maximum absolute atomic E-state index is 5.49. The van der Waals surface area contributed by atoms with Crippen molar-refractivity contribution in [3.63, 3.8) is 0 Å². The Labute approximate surface area is 145 Å². The predicted octanol–water partition coefficient (Wildman–Crippen LogP) is 3.78. The zero-order valence-electron chi connectivity index (χ0n) is 12.2. The van der Waals surface area contributed by atoms with Gasteiger partial charge in [-0.05, 0) is 30.3 Å². The first kappa shape index (κ1) is 15.8. The first-order valence-electron chi connectivity index (χ1n) is 6.67. The number of rotatable bonds is 5. The van der Waals surface area contributed by atoms with Gasteiger partial charge in [0.25, 0.3) is 5.89 Å². The molecule has 0 unspecified atom stereocenters. The SMILES string of the molecule is COc1ccc(Br)cc1CSc1cccnc1-c1nnc(N)o1. The summed E-state index contributed by atoms with van der Waals surface area (Å²) in [5, 5.41) is 7.58. The third kappa shape index (κ3) is 3.65. The Morgan fingerprint density at radius 3 is 2.91 bits per heavy atom. The molecule has 2 N–H and O–H groups in total. The number of anilines is 1. The van der Waals surface area contributed by atoms with E-state index in [1.807, 2.05) is 30.3 Å². The van der Waals surface area contributed by atoms with E-state index in [4.69, 9.17) is 14.9 Å². The first-order valence-corrected chi connectivity index (χ1v) is 8.45. The van der Waals surface area contributed by atoms with Gasteiger partial charge >= 0.3 is 6.01 Å². The van der Waals surface area contributed by atoms with Crippen molar-refractivity contribution < 1.29 is 9.15 Å². The highest BCUT2D eigenvalue weighted by molar-refractivity contribution is 9.10. The van der Waals surface area contributed by atoms with Gasteiger partial charge in [0.1, 0.15) is 11.4 Å². The Kier molecular flexibility index (Phi) is 4.82. The highest BCUT2D eigenvalue weighted by Crippen LogP contribution is 2.34. The van der Waals surface area contributed by atoms with Crippen LogP contribution in [0.4, 0.5) is 6.01 Å². The van der Waals surface area contributed by atoms with Crippen molar-refractivity contribution in [1.29, 1.82) is 0 Å². The van der Waals surface area contributed by atoms with Gasteiger partial charge in [0, 0.05) is 26.9 Å². The molecule has 0 fully saturated rings. The molecule has 2 heterocycles. The normalized spacial score (nSPS) is 10.7. The fourth-order valence-electron chi connectivity index (χ4n) is 2.01. The van der Waals surface area contributed by atoms with Gasteiger partial charge in [-0.25, -0.2) is 4.98 Å². The van der Waals surface area contributed by atoms with Crippen LogP contribution in [0.25, 0.3) is 11.6 Å². The summed E-state index contributed by atoms with van der Waals surface area (Å²) in [5.41, 5.74) is 7.19. The summed E-state index contributed by atoms with van der Waals surface area (Å²) in [6.07, 6.45) is 1.68. The second kappa shape index (κ2) is 7.01. The molecule has 0 saturated carbocycles. The summed E-state index contributed by atoms with van der Waals surface area (Å²) >= 11 is 5.09. The van der Waals surface area contributed by atoms with E-state index in [1.165, 1.54) is 0 Å². The topological polar surface area (TPSA) is 87.1 Å².